The number of likely N-dealkylation sites (N-methyl/N-ethyl adjacent to an activating group) is 4. The summed E-state index contributed by atoms with van der Waals surface area (Å²) in [5, 5.41) is 19.4. The lowest BCUT2D eigenvalue weighted by Gasteiger charge is -2.37. The molecule has 4 N–H and O–H groups in total. The second-order valence-corrected chi connectivity index (χ2v) is 22.1. The summed E-state index contributed by atoms with van der Waals surface area (Å²) in [5.41, 5.74) is -0.119. The number of aliphatic hydroxyl groups excluding tert-OH is 1. The Hall–Kier alpha value is -6.58. The molecule has 3 fully saturated rings. The summed E-state index contributed by atoms with van der Waals surface area (Å²) in [7, 11) is 5.46. The van der Waals surface area contributed by atoms with Gasteiger partial charge < -0.3 is 50.5 Å². The second-order valence-electron chi connectivity index (χ2n) is 22.1. The van der Waals surface area contributed by atoms with E-state index in [0.717, 1.165) is 28.4 Å². The molecule has 19 nitrogen and oxygen atoms in total. The van der Waals surface area contributed by atoms with Crippen molar-refractivity contribution in [1.29, 1.82) is 0 Å². The fourth-order valence-corrected chi connectivity index (χ4v) is 10.4. The summed E-state index contributed by atoms with van der Waals surface area (Å²) in [6, 6.07) is 1.66. The van der Waals surface area contributed by atoms with Gasteiger partial charge in [-0.1, -0.05) is 70.2 Å². The SMILES string of the molecule is CC(C)C[C@H]1C(=O)N(C)[C@@H](C)C(=O)N(C)[C@@H](Cc2ccccc2)C(=O)N[C@@H]([C@@H](C)O)C(=O)N(C)[C@@H](CC(C)C)C(=O)N[C@@H](Cc2ccc(C(F)(F)F)cc2)C(=O)N2CCC[C@H]2C(=O)N[C@H](C(=O)N2CCCCC2)CC(=O)N1C. The van der Waals surface area contributed by atoms with E-state index in [4.69, 9.17) is 0 Å². The number of aliphatic hydroxyl groups is 1. The van der Waals surface area contributed by atoms with Crippen LogP contribution in [0.2, 0.25) is 0 Å². The number of rotatable bonds is 10. The van der Waals surface area contributed by atoms with E-state index < -0.39 is 126 Å². The van der Waals surface area contributed by atoms with Crippen molar-refractivity contribution in [1.82, 2.24) is 45.3 Å². The highest BCUT2D eigenvalue weighted by Crippen LogP contribution is 2.30. The summed E-state index contributed by atoms with van der Waals surface area (Å²) >= 11 is 0. The van der Waals surface area contributed by atoms with Crippen molar-refractivity contribution in [3.8, 4) is 0 Å². The molecule has 3 saturated heterocycles. The summed E-state index contributed by atoms with van der Waals surface area (Å²) < 4.78 is 41.1. The normalized spacial score (nSPS) is 26.2. The van der Waals surface area contributed by atoms with Gasteiger partial charge in [-0.2, -0.15) is 13.2 Å². The molecule has 22 heteroatoms. The average Bonchev–Trinajstić information content (AvgIpc) is 3.92. The number of piperidine rings is 1. The van der Waals surface area contributed by atoms with E-state index in [1.54, 1.807) is 49.1 Å². The zero-order chi connectivity index (χ0) is 57.9. The molecule has 9 amide bonds. The fourth-order valence-electron chi connectivity index (χ4n) is 10.4. The van der Waals surface area contributed by atoms with Crippen molar-refractivity contribution in [2.24, 2.45) is 11.8 Å². The number of carbonyl (C=O) groups excluding carboxylic acids is 9. The maximum Gasteiger partial charge on any atom is 0.416 e. The van der Waals surface area contributed by atoms with E-state index in [1.807, 2.05) is 13.8 Å². The molecule has 0 saturated carbocycles. The predicted molar refractivity (Wildman–Crippen MR) is 283 cm³/mol. The van der Waals surface area contributed by atoms with E-state index in [-0.39, 0.29) is 56.0 Å². The molecule has 0 bridgehead atoms. The van der Waals surface area contributed by atoms with E-state index in [0.29, 0.717) is 37.9 Å². The highest BCUT2D eigenvalue weighted by Gasteiger charge is 2.44. The number of fused-ring (bicyclic) bond motifs is 1. The maximum atomic E-state index is 15.0. The first-order chi connectivity index (χ1) is 36.6. The number of halogens is 3. The largest absolute Gasteiger partial charge is 0.416 e. The van der Waals surface area contributed by atoms with Crippen molar-refractivity contribution < 1.29 is 61.4 Å². The minimum Gasteiger partial charge on any atom is -0.391 e. The summed E-state index contributed by atoms with van der Waals surface area (Å²) in [5.74, 6) is -7.19. The van der Waals surface area contributed by atoms with Crippen LogP contribution in [-0.2, 0) is 62.2 Å². The highest BCUT2D eigenvalue weighted by atomic mass is 19.4. The van der Waals surface area contributed by atoms with Gasteiger partial charge in [0, 0.05) is 60.7 Å². The summed E-state index contributed by atoms with van der Waals surface area (Å²) in [6.07, 6.45) is -4.53. The van der Waals surface area contributed by atoms with Gasteiger partial charge in [0.1, 0.15) is 48.3 Å². The Bertz CT molecular complexity index is 2450. The molecule has 78 heavy (non-hydrogen) atoms. The van der Waals surface area contributed by atoms with Crippen LogP contribution in [0.25, 0.3) is 0 Å². The van der Waals surface area contributed by atoms with Crippen LogP contribution in [-0.4, -0.2) is 190 Å². The molecule has 3 heterocycles. The van der Waals surface area contributed by atoms with Gasteiger partial charge in [0.15, 0.2) is 0 Å². The number of amides is 9. The summed E-state index contributed by atoms with van der Waals surface area (Å²) in [4.78, 5) is 139. The van der Waals surface area contributed by atoms with E-state index in [2.05, 4.69) is 16.0 Å². The quantitative estimate of drug-likeness (QED) is 0.272. The molecule has 0 aromatic heterocycles. The number of likely N-dealkylation sites (tertiary alicyclic amines) is 1. The molecule has 9 atom stereocenters. The molecule has 5 rings (SSSR count). The predicted octanol–water partition coefficient (Wildman–Crippen LogP) is 3.15. The van der Waals surface area contributed by atoms with Crippen molar-refractivity contribution in [3.05, 3.63) is 71.3 Å². The Morgan fingerprint density at radius 1 is 0.615 bits per heavy atom. The van der Waals surface area contributed by atoms with Gasteiger partial charge in [0.2, 0.25) is 53.2 Å². The van der Waals surface area contributed by atoms with E-state index in [1.165, 1.54) is 68.9 Å². The minimum atomic E-state index is -4.68. The zero-order valence-electron chi connectivity index (χ0n) is 46.7. The van der Waals surface area contributed by atoms with Crippen molar-refractivity contribution in [2.45, 2.75) is 166 Å². The molecule has 0 unspecified atom stereocenters. The van der Waals surface area contributed by atoms with Crippen LogP contribution in [0.1, 0.15) is 110 Å². The van der Waals surface area contributed by atoms with Crippen molar-refractivity contribution >= 4 is 53.2 Å². The van der Waals surface area contributed by atoms with Crippen LogP contribution in [0.3, 0.4) is 0 Å². The van der Waals surface area contributed by atoms with Crippen LogP contribution < -0.4 is 16.0 Å². The van der Waals surface area contributed by atoms with E-state index >= 15 is 4.79 Å². The molecular formula is C56H80F3N9O10. The monoisotopic (exact) mass is 1100 g/mol. The maximum absolute atomic E-state index is 15.0. The van der Waals surface area contributed by atoms with Crippen molar-refractivity contribution in [3.63, 3.8) is 0 Å². The van der Waals surface area contributed by atoms with E-state index in [9.17, 15) is 56.6 Å². The number of hydrogen-bond acceptors (Lipinski definition) is 10. The number of hydrogen-bond donors (Lipinski definition) is 4. The third-order valence-electron chi connectivity index (χ3n) is 15.2. The fraction of sp³-hybridized carbons (Fsp3) is 0.625. The first kappa shape index (κ1) is 62.3. The molecular weight excluding hydrogens is 1020 g/mol. The number of nitrogens with one attached hydrogen (secondary N) is 3. The number of nitrogens with zero attached hydrogens (tertiary/aromatic N) is 6. The summed E-state index contributed by atoms with van der Waals surface area (Å²) in [6.45, 7) is 10.7. The van der Waals surface area contributed by atoms with Gasteiger partial charge in [-0.05, 0) is 93.9 Å². The lowest BCUT2D eigenvalue weighted by atomic mass is 9.98. The molecule has 2 aromatic rings. The van der Waals surface area contributed by atoms with Crippen molar-refractivity contribution in [2.75, 3.05) is 47.8 Å². The Morgan fingerprint density at radius 3 is 1.76 bits per heavy atom. The van der Waals surface area contributed by atoms with Gasteiger partial charge in [0.25, 0.3) is 0 Å². The highest BCUT2D eigenvalue weighted by molar-refractivity contribution is 5.99. The smallest absolute Gasteiger partial charge is 0.391 e. The molecule has 2 aromatic carbocycles. The second kappa shape index (κ2) is 27.3. The first-order valence-corrected chi connectivity index (χ1v) is 27.1. The Balaban J connectivity index is 1.65. The number of alkyl halides is 3. The Labute approximate surface area is 455 Å². The molecule has 0 radical (unpaired) electrons. The lowest BCUT2D eigenvalue weighted by Crippen LogP contribution is -2.62. The van der Waals surface area contributed by atoms with Crippen LogP contribution in [0.15, 0.2) is 54.6 Å². The number of carbonyl (C=O) groups is 9. The van der Waals surface area contributed by atoms with Crippen LogP contribution in [0, 0.1) is 11.8 Å². The van der Waals surface area contributed by atoms with Gasteiger partial charge in [0.05, 0.1) is 18.1 Å². The molecule has 0 aliphatic carbocycles. The van der Waals surface area contributed by atoms with Crippen LogP contribution in [0.4, 0.5) is 13.2 Å². The van der Waals surface area contributed by atoms with Gasteiger partial charge in [-0.25, -0.2) is 0 Å². The molecule has 3 aliphatic rings. The Kier molecular flexibility index (Phi) is 21.8. The van der Waals surface area contributed by atoms with Gasteiger partial charge in [-0.15, -0.1) is 0 Å². The number of benzene rings is 2. The first-order valence-electron chi connectivity index (χ1n) is 27.1. The molecule has 0 spiro atoms. The Morgan fingerprint density at radius 2 is 1.18 bits per heavy atom. The third kappa shape index (κ3) is 15.8. The van der Waals surface area contributed by atoms with Crippen LogP contribution in [0.5, 0.6) is 0 Å². The standard InChI is InChI=1S/C56H80F3N9O10/c1-33(2)28-43-49(72)60-40(30-38-21-23-39(24-22-38)56(57,58)59)53(76)68-27-17-20-42(68)48(71)61-41(52(75)67-25-15-12-16-26-67)32-46(70)64(8)45(29-34(3)4)54(77)63(7)35(5)51(74)65(9)44(31-37-18-13-11-14-19-37)50(73)62-47(36(6)69)55(78)66(43)10/h11,13-14,18-19,21-24,33-36,40-45,47,69H,12,15-17,20,25-32H2,1-10H3,(H,60,72)(H,61,71)(H,62,73)/t35-,36+,40-,41-,42-,43-,44-,45-,47-/m0/s1. The van der Waals surface area contributed by atoms with Gasteiger partial charge >= 0.3 is 6.18 Å². The van der Waals surface area contributed by atoms with Crippen LogP contribution >= 0.6 is 0 Å². The average molecular weight is 1100 g/mol. The third-order valence-corrected chi connectivity index (χ3v) is 15.2. The van der Waals surface area contributed by atoms with Gasteiger partial charge in [-0.3, -0.25) is 43.2 Å². The molecule has 3 aliphatic heterocycles. The molecule has 430 valence electrons. The lowest BCUT2D eigenvalue weighted by molar-refractivity contribution is -0.152. The zero-order valence-corrected chi connectivity index (χ0v) is 46.7. The topological polar surface area (TPSA) is 229 Å². The minimum absolute atomic E-state index is 0.000177.